The highest BCUT2D eigenvalue weighted by molar-refractivity contribution is 9.10. The van der Waals surface area contributed by atoms with E-state index in [0.717, 1.165) is 46.7 Å². The molecule has 1 aliphatic rings. The number of fused-ring (bicyclic) bond motifs is 1. The summed E-state index contributed by atoms with van der Waals surface area (Å²) in [4.78, 5) is 4.48. The van der Waals surface area contributed by atoms with Gasteiger partial charge in [0.05, 0.1) is 23.3 Å². The van der Waals surface area contributed by atoms with Crippen LogP contribution >= 0.6 is 15.9 Å². The lowest BCUT2D eigenvalue weighted by atomic mass is 9.98. The number of aliphatic hydroxyl groups is 1. The number of aromatic nitrogens is 1. The number of nitrogen functional groups attached to an aromatic ring is 1. The van der Waals surface area contributed by atoms with Gasteiger partial charge in [0.2, 0.25) is 0 Å². The molecule has 5 heteroatoms. The van der Waals surface area contributed by atoms with Crippen LogP contribution in [0.1, 0.15) is 25.7 Å². The van der Waals surface area contributed by atoms with Crippen LogP contribution in [0, 0.1) is 0 Å². The first kappa shape index (κ1) is 13.6. The van der Waals surface area contributed by atoms with Gasteiger partial charge in [0.1, 0.15) is 0 Å². The Morgan fingerprint density at radius 1 is 1.35 bits per heavy atom. The summed E-state index contributed by atoms with van der Waals surface area (Å²) < 4.78 is 0.909. The number of anilines is 2. The standard InChI is InChI=1S/C15H18BrN3O/c16-10-7-11-12(17)3-4-13(14(11)18-8-10)19-15(9-20)5-1-2-6-15/h3-4,7-8,19-20H,1-2,5-6,9,17H2. The molecule has 1 saturated carbocycles. The average molecular weight is 336 g/mol. The number of nitrogens with one attached hydrogen (secondary N) is 1. The fourth-order valence-electron chi connectivity index (χ4n) is 2.98. The van der Waals surface area contributed by atoms with Crippen LogP contribution in [0.25, 0.3) is 10.9 Å². The van der Waals surface area contributed by atoms with E-state index < -0.39 is 0 Å². The predicted octanol–water partition coefficient (Wildman–Crippen LogP) is 3.30. The highest BCUT2D eigenvalue weighted by atomic mass is 79.9. The third-order valence-corrected chi connectivity index (χ3v) is 4.55. The van der Waals surface area contributed by atoms with Crippen molar-refractivity contribution >= 4 is 38.2 Å². The molecule has 1 fully saturated rings. The molecule has 0 spiro atoms. The molecule has 0 amide bonds. The quantitative estimate of drug-likeness (QED) is 0.752. The molecule has 0 bridgehead atoms. The van der Waals surface area contributed by atoms with Crippen LogP contribution in [-0.4, -0.2) is 22.2 Å². The summed E-state index contributed by atoms with van der Waals surface area (Å²) in [6, 6.07) is 5.82. The Morgan fingerprint density at radius 3 is 2.80 bits per heavy atom. The lowest BCUT2D eigenvalue weighted by Crippen LogP contribution is -2.39. The first-order valence-corrected chi connectivity index (χ1v) is 7.66. The number of pyridine rings is 1. The minimum Gasteiger partial charge on any atom is -0.398 e. The molecule has 0 radical (unpaired) electrons. The summed E-state index contributed by atoms with van der Waals surface area (Å²) in [7, 11) is 0. The topological polar surface area (TPSA) is 71.2 Å². The Bertz CT molecular complexity index is 638. The molecule has 106 valence electrons. The van der Waals surface area contributed by atoms with Crippen molar-refractivity contribution in [2.75, 3.05) is 17.7 Å². The summed E-state index contributed by atoms with van der Waals surface area (Å²) in [5.74, 6) is 0. The normalized spacial score (nSPS) is 17.5. The number of aliphatic hydroxyl groups excluding tert-OH is 1. The van der Waals surface area contributed by atoms with Crippen molar-refractivity contribution in [2.45, 2.75) is 31.2 Å². The highest BCUT2D eigenvalue weighted by Crippen LogP contribution is 2.36. The number of hydrogen-bond acceptors (Lipinski definition) is 4. The fraction of sp³-hybridized carbons (Fsp3) is 0.400. The Hall–Kier alpha value is -1.33. The summed E-state index contributed by atoms with van der Waals surface area (Å²) in [6.07, 6.45) is 6.06. The minimum absolute atomic E-state index is 0.148. The first-order chi connectivity index (χ1) is 9.63. The molecule has 0 unspecified atom stereocenters. The molecular weight excluding hydrogens is 318 g/mol. The van der Waals surface area contributed by atoms with E-state index in [2.05, 4.69) is 26.2 Å². The van der Waals surface area contributed by atoms with Gasteiger partial charge >= 0.3 is 0 Å². The molecule has 1 aromatic carbocycles. The van der Waals surface area contributed by atoms with E-state index in [0.29, 0.717) is 5.69 Å². The van der Waals surface area contributed by atoms with Gasteiger partial charge in [0, 0.05) is 21.7 Å². The Kier molecular flexibility index (Phi) is 3.56. The molecular formula is C15H18BrN3O. The molecule has 4 N–H and O–H groups in total. The van der Waals surface area contributed by atoms with Gasteiger partial charge in [-0.05, 0) is 47.0 Å². The van der Waals surface area contributed by atoms with Gasteiger partial charge in [0.15, 0.2) is 0 Å². The minimum atomic E-state index is -0.211. The smallest absolute Gasteiger partial charge is 0.0954 e. The lowest BCUT2D eigenvalue weighted by molar-refractivity contribution is 0.214. The lowest BCUT2D eigenvalue weighted by Gasteiger charge is -2.29. The molecule has 3 rings (SSSR count). The number of rotatable bonds is 3. The number of benzene rings is 1. The average Bonchev–Trinajstić information content (AvgIpc) is 2.91. The van der Waals surface area contributed by atoms with Crippen LogP contribution in [0.2, 0.25) is 0 Å². The molecule has 1 aliphatic carbocycles. The Balaban J connectivity index is 2.06. The zero-order valence-electron chi connectivity index (χ0n) is 11.2. The van der Waals surface area contributed by atoms with Crippen molar-refractivity contribution in [3.05, 3.63) is 28.9 Å². The predicted molar refractivity (Wildman–Crippen MR) is 85.8 cm³/mol. The van der Waals surface area contributed by atoms with Crippen LogP contribution in [0.5, 0.6) is 0 Å². The molecule has 0 aliphatic heterocycles. The van der Waals surface area contributed by atoms with Crippen molar-refractivity contribution in [1.29, 1.82) is 0 Å². The summed E-state index contributed by atoms with van der Waals surface area (Å²) in [6.45, 7) is 0.148. The van der Waals surface area contributed by atoms with E-state index in [1.807, 2.05) is 18.2 Å². The fourth-order valence-corrected chi connectivity index (χ4v) is 3.31. The molecule has 0 atom stereocenters. The summed E-state index contributed by atoms with van der Waals surface area (Å²) in [5.41, 5.74) is 8.33. The molecule has 1 aromatic heterocycles. The van der Waals surface area contributed by atoms with E-state index in [1.54, 1.807) is 6.20 Å². The number of halogens is 1. The number of nitrogens with two attached hydrogens (primary N) is 1. The molecule has 4 nitrogen and oxygen atoms in total. The molecule has 2 aromatic rings. The second-order valence-corrected chi connectivity index (χ2v) is 6.44. The molecule has 1 heterocycles. The zero-order valence-corrected chi connectivity index (χ0v) is 12.8. The first-order valence-electron chi connectivity index (χ1n) is 6.86. The molecule has 20 heavy (non-hydrogen) atoms. The van der Waals surface area contributed by atoms with Gasteiger partial charge in [-0.25, -0.2) is 0 Å². The Morgan fingerprint density at radius 2 is 2.10 bits per heavy atom. The summed E-state index contributed by atoms with van der Waals surface area (Å²) in [5, 5.41) is 14.2. The van der Waals surface area contributed by atoms with Gasteiger partial charge in [-0.3, -0.25) is 4.98 Å². The molecule has 0 saturated heterocycles. The van der Waals surface area contributed by atoms with Gasteiger partial charge in [-0.2, -0.15) is 0 Å². The maximum atomic E-state index is 9.73. The van der Waals surface area contributed by atoms with Gasteiger partial charge in [-0.1, -0.05) is 12.8 Å². The van der Waals surface area contributed by atoms with Crippen molar-refractivity contribution < 1.29 is 5.11 Å². The Labute approximate surface area is 126 Å². The highest BCUT2D eigenvalue weighted by Gasteiger charge is 2.33. The van der Waals surface area contributed by atoms with E-state index in [-0.39, 0.29) is 12.1 Å². The van der Waals surface area contributed by atoms with Gasteiger partial charge in [-0.15, -0.1) is 0 Å². The monoisotopic (exact) mass is 335 g/mol. The van der Waals surface area contributed by atoms with Crippen molar-refractivity contribution in [3.63, 3.8) is 0 Å². The van der Waals surface area contributed by atoms with Crippen LogP contribution in [0.15, 0.2) is 28.9 Å². The van der Waals surface area contributed by atoms with Gasteiger partial charge < -0.3 is 16.2 Å². The van der Waals surface area contributed by atoms with E-state index in [9.17, 15) is 5.11 Å². The second kappa shape index (κ2) is 5.22. The van der Waals surface area contributed by atoms with Crippen molar-refractivity contribution in [2.24, 2.45) is 0 Å². The number of hydrogen-bond donors (Lipinski definition) is 3. The van der Waals surface area contributed by atoms with Crippen LogP contribution < -0.4 is 11.1 Å². The summed E-state index contributed by atoms with van der Waals surface area (Å²) >= 11 is 3.43. The van der Waals surface area contributed by atoms with Gasteiger partial charge in [0.25, 0.3) is 0 Å². The number of nitrogens with zero attached hydrogens (tertiary/aromatic N) is 1. The van der Waals surface area contributed by atoms with Crippen molar-refractivity contribution in [3.8, 4) is 0 Å². The maximum Gasteiger partial charge on any atom is 0.0954 e. The third-order valence-electron chi connectivity index (χ3n) is 4.11. The van der Waals surface area contributed by atoms with Crippen LogP contribution in [0.3, 0.4) is 0 Å². The van der Waals surface area contributed by atoms with Crippen LogP contribution in [-0.2, 0) is 0 Å². The van der Waals surface area contributed by atoms with E-state index in [1.165, 1.54) is 0 Å². The van der Waals surface area contributed by atoms with E-state index >= 15 is 0 Å². The maximum absolute atomic E-state index is 9.73. The zero-order chi connectivity index (χ0) is 14.2. The third kappa shape index (κ3) is 2.36. The largest absolute Gasteiger partial charge is 0.398 e. The SMILES string of the molecule is Nc1ccc(NC2(CO)CCCC2)c2ncc(Br)cc12. The van der Waals surface area contributed by atoms with E-state index in [4.69, 9.17) is 5.73 Å². The van der Waals surface area contributed by atoms with Crippen LogP contribution in [0.4, 0.5) is 11.4 Å². The van der Waals surface area contributed by atoms with Crippen molar-refractivity contribution in [1.82, 2.24) is 4.98 Å². The second-order valence-electron chi connectivity index (χ2n) is 5.52.